The van der Waals surface area contributed by atoms with Crippen molar-refractivity contribution in [3.63, 3.8) is 0 Å². The highest BCUT2D eigenvalue weighted by molar-refractivity contribution is 6.24. The van der Waals surface area contributed by atoms with Gasteiger partial charge in [0.2, 0.25) is 5.78 Å². The largest absolute Gasteiger partial charge is 0.508 e. The van der Waals surface area contributed by atoms with Crippen molar-refractivity contribution in [1.29, 1.82) is 0 Å². The molecule has 0 radical (unpaired) electrons. The van der Waals surface area contributed by atoms with Gasteiger partial charge in [-0.1, -0.05) is 12.1 Å². The molecule has 44 heavy (non-hydrogen) atoms. The fourth-order valence-electron chi connectivity index (χ4n) is 6.48. The molecule has 1 amide bonds. The van der Waals surface area contributed by atoms with Gasteiger partial charge in [0.15, 0.2) is 17.2 Å². The van der Waals surface area contributed by atoms with Crippen molar-refractivity contribution in [2.45, 2.75) is 44.1 Å². The summed E-state index contributed by atoms with van der Waals surface area (Å²) in [4.78, 5) is 53.6. The molecule has 0 spiro atoms. The Kier molecular flexibility index (Phi) is 8.16. The normalized spacial score (nSPS) is 27.8. The number of imidazole rings is 1. The van der Waals surface area contributed by atoms with Crippen molar-refractivity contribution in [2.75, 3.05) is 20.7 Å². The number of phenols is 1. The van der Waals surface area contributed by atoms with Gasteiger partial charge in [-0.15, -0.1) is 0 Å². The second-order valence-electron chi connectivity index (χ2n) is 11.3. The lowest BCUT2D eigenvalue weighted by Gasteiger charge is -2.53. The van der Waals surface area contributed by atoms with E-state index in [-0.39, 0.29) is 36.5 Å². The molecule has 2 aromatic rings. The van der Waals surface area contributed by atoms with E-state index in [0.29, 0.717) is 5.82 Å². The molecule has 1 fully saturated rings. The number of carbonyl (C=O) groups excluding carboxylic acids is 3. The maximum Gasteiger partial charge on any atom is 0.342 e. The average Bonchev–Trinajstić information content (AvgIpc) is 3.29. The number of aryl methyl sites for hydroxylation is 1. The zero-order valence-electron chi connectivity index (χ0n) is 24.3. The lowest BCUT2D eigenvalue weighted by Crippen LogP contribution is -2.67. The van der Waals surface area contributed by atoms with Crippen molar-refractivity contribution >= 4 is 29.1 Å². The zero-order chi connectivity index (χ0) is 33.0. The number of Topliss-reactive ketones (excluding diaryl/α,β-unsaturated/α-hetero) is 2. The van der Waals surface area contributed by atoms with Crippen molar-refractivity contribution in [3.8, 4) is 5.75 Å². The number of fused-ring (bicyclic) bond motifs is 3. The minimum absolute atomic E-state index is 0.0819. The van der Waals surface area contributed by atoms with Gasteiger partial charge < -0.3 is 46.5 Å². The van der Waals surface area contributed by atoms with Crippen LogP contribution in [0.15, 0.2) is 41.3 Å². The Balaban J connectivity index is 0.000000309. The summed E-state index contributed by atoms with van der Waals surface area (Å²) >= 11 is 0. The molecule has 3 aliphatic carbocycles. The van der Waals surface area contributed by atoms with Gasteiger partial charge in [0.25, 0.3) is 5.91 Å². The Morgan fingerprint density at radius 1 is 1.23 bits per heavy atom. The van der Waals surface area contributed by atoms with Gasteiger partial charge in [-0.2, -0.15) is 0 Å². The first-order valence-electron chi connectivity index (χ1n) is 13.4. The number of nitrogens with two attached hydrogens (primary N) is 1. The van der Waals surface area contributed by atoms with Crippen LogP contribution in [0.25, 0.3) is 5.76 Å². The summed E-state index contributed by atoms with van der Waals surface area (Å²) in [5, 5.41) is 73.9. The molecule has 1 aromatic carbocycles. The van der Waals surface area contributed by atoms with E-state index in [2.05, 4.69) is 4.98 Å². The summed E-state index contributed by atoms with van der Waals surface area (Å²) in [7, 11) is 3.01. The van der Waals surface area contributed by atoms with Crippen LogP contribution in [0.2, 0.25) is 0 Å². The number of phenolic OH excluding ortho intramolecular Hbond substituents is 1. The van der Waals surface area contributed by atoms with Crippen molar-refractivity contribution in [2.24, 2.45) is 17.6 Å². The maximum atomic E-state index is 13.7. The Hall–Kier alpha value is -4.64. The van der Waals surface area contributed by atoms with Crippen molar-refractivity contribution < 1.29 is 49.9 Å². The molecular weight excluding hydrogens is 582 g/mol. The SMILES string of the molecule is CN(C)[C@@H]1C(=O)C(C(N)=O)=C(O)[C@@]2(O)C(=O)C3=C(O)c4c(O)cccc4[C@@](C)(O)[C@H]3C[C@@H]12.Cc1ncc([N+](=O)[O-])n1CCO. The highest BCUT2D eigenvalue weighted by Gasteiger charge is 2.66. The number of ketones is 2. The summed E-state index contributed by atoms with van der Waals surface area (Å²) in [5.41, 5.74) is -0.548. The van der Waals surface area contributed by atoms with Crippen LogP contribution in [-0.4, -0.2) is 99.8 Å². The third-order valence-corrected chi connectivity index (χ3v) is 8.57. The highest BCUT2D eigenvalue weighted by atomic mass is 16.6. The number of likely N-dealkylation sites (N-methyl/N-ethyl adjacent to an activating group) is 1. The van der Waals surface area contributed by atoms with Crippen LogP contribution in [0.1, 0.15) is 30.3 Å². The van der Waals surface area contributed by atoms with E-state index in [0.717, 1.165) is 0 Å². The van der Waals surface area contributed by atoms with Crippen LogP contribution < -0.4 is 5.73 Å². The summed E-state index contributed by atoms with van der Waals surface area (Å²) in [5.74, 6) is -7.44. The fraction of sp³-hybridized carbons (Fsp3) is 0.429. The molecule has 1 heterocycles. The molecular formula is C28H33N5O11. The number of hydrogen-bond acceptors (Lipinski definition) is 13. The summed E-state index contributed by atoms with van der Waals surface area (Å²) in [6, 6.07) is 3.02. The number of primary amides is 1. The molecule has 5 rings (SSSR count). The van der Waals surface area contributed by atoms with Gasteiger partial charge in [-0.3, -0.25) is 19.3 Å². The Morgan fingerprint density at radius 3 is 2.41 bits per heavy atom. The number of aliphatic hydroxyl groups excluding tert-OH is 3. The molecule has 0 unspecified atom stereocenters. The van der Waals surface area contributed by atoms with Gasteiger partial charge in [-0.25, -0.2) is 9.55 Å². The molecule has 0 saturated heterocycles. The van der Waals surface area contributed by atoms with Gasteiger partial charge in [-0.05, 0) is 44.0 Å². The van der Waals surface area contributed by atoms with E-state index in [1.165, 1.54) is 54.9 Å². The zero-order valence-corrected chi connectivity index (χ0v) is 24.3. The lowest BCUT2D eigenvalue weighted by atomic mass is 9.54. The van der Waals surface area contributed by atoms with Gasteiger partial charge in [0.1, 0.15) is 35.6 Å². The lowest BCUT2D eigenvalue weighted by molar-refractivity contribution is -0.392. The first kappa shape index (κ1) is 32.3. The van der Waals surface area contributed by atoms with Gasteiger partial charge in [0, 0.05) is 24.3 Å². The van der Waals surface area contributed by atoms with Gasteiger partial charge >= 0.3 is 5.82 Å². The molecule has 0 bridgehead atoms. The molecule has 1 saturated carbocycles. The van der Waals surface area contributed by atoms with Crippen LogP contribution in [0.3, 0.4) is 0 Å². The second-order valence-corrected chi connectivity index (χ2v) is 11.3. The molecule has 16 heteroatoms. The topological polar surface area (TPSA) is 263 Å². The molecule has 3 aliphatic rings. The first-order chi connectivity index (χ1) is 20.4. The molecule has 5 atom stereocenters. The van der Waals surface area contributed by atoms with E-state index in [1.54, 1.807) is 6.92 Å². The molecule has 8 N–H and O–H groups in total. The van der Waals surface area contributed by atoms with Gasteiger partial charge in [0.05, 0.1) is 23.8 Å². The van der Waals surface area contributed by atoms with E-state index in [4.69, 9.17) is 10.8 Å². The predicted molar refractivity (Wildman–Crippen MR) is 151 cm³/mol. The molecule has 1 aromatic heterocycles. The fourth-order valence-corrected chi connectivity index (χ4v) is 6.48. The number of amides is 1. The van der Waals surface area contributed by atoms with Crippen molar-refractivity contribution in [3.05, 3.63) is 68.4 Å². The number of hydrogen-bond donors (Lipinski definition) is 7. The maximum absolute atomic E-state index is 13.7. The second kappa shape index (κ2) is 11.1. The van der Waals surface area contributed by atoms with E-state index in [1.807, 2.05) is 0 Å². The Labute approximate surface area is 250 Å². The molecule has 16 nitrogen and oxygen atoms in total. The number of nitrogens with zero attached hydrogens (tertiary/aromatic N) is 4. The van der Waals surface area contributed by atoms with Crippen LogP contribution in [0.5, 0.6) is 5.75 Å². The highest BCUT2D eigenvalue weighted by Crippen LogP contribution is 2.57. The Bertz CT molecular complexity index is 1640. The van der Waals surface area contributed by atoms with E-state index < -0.39 is 79.9 Å². The number of aromatic nitrogens is 2. The first-order valence-corrected chi connectivity index (χ1v) is 13.4. The van der Waals surface area contributed by atoms with Crippen LogP contribution in [0, 0.1) is 28.9 Å². The Morgan fingerprint density at radius 2 is 1.86 bits per heavy atom. The number of carbonyl (C=O) groups is 3. The molecule has 236 valence electrons. The quantitative estimate of drug-likeness (QED) is 0.130. The number of aromatic hydroxyl groups is 1. The number of rotatable bonds is 5. The average molecular weight is 616 g/mol. The number of nitro groups is 1. The molecule has 0 aliphatic heterocycles. The number of aliphatic hydroxyl groups is 5. The van der Waals surface area contributed by atoms with Crippen molar-refractivity contribution in [1.82, 2.24) is 14.5 Å². The van der Waals surface area contributed by atoms with Crippen LogP contribution >= 0.6 is 0 Å². The standard InChI is InChI=1S/C22H24N2O8.C6H9N3O3/c1-21(31)8-5-4-6-11(25)12(8)16(26)13-9(21)7-10-15(24(2)3)17(27)14(20(23)30)19(29)22(10,32)18(13)28;1-5-7-4-6(9(11)12)8(5)2-3-10/h4-6,9-10,15,25-26,29,31-32H,7H2,1-3H3,(H2,23,30);4,10H,2-3H2,1H3/t9-,10-,15-,21+,22-;/m0./s1. The minimum Gasteiger partial charge on any atom is -0.508 e. The third-order valence-electron chi connectivity index (χ3n) is 8.57. The third kappa shape index (κ3) is 4.62. The summed E-state index contributed by atoms with van der Waals surface area (Å²) in [6.45, 7) is 3.14. The minimum atomic E-state index is -2.75. The van der Waals surface area contributed by atoms with Crippen LogP contribution in [0.4, 0.5) is 5.82 Å². The summed E-state index contributed by atoms with van der Waals surface area (Å²) in [6.07, 6.45) is 0.986. The summed E-state index contributed by atoms with van der Waals surface area (Å²) < 4.78 is 1.36. The monoisotopic (exact) mass is 615 g/mol. The predicted octanol–water partition coefficient (Wildman–Crippen LogP) is -0.279. The number of benzene rings is 1. The van der Waals surface area contributed by atoms with Crippen LogP contribution in [-0.2, 0) is 26.5 Å². The van der Waals surface area contributed by atoms with E-state index >= 15 is 0 Å². The van der Waals surface area contributed by atoms with E-state index in [9.17, 15) is 50.0 Å². The smallest absolute Gasteiger partial charge is 0.342 e.